The molecule has 1 heterocycles. The molecule has 2 aromatic carbocycles. The van der Waals surface area contributed by atoms with Crippen molar-refractivity contribution in [3.05, 3.63) is 60.2 Å². The lowest BCUT2D eigenvalue weighted by Gasteiger charge is -2.39. The third-order valence-corrected chi connectivity index (χ3v) is 6.52. The molecule has 0 aliphatic carbocycles. The van der Waals surface area contributed by atoms with Gasteiger partial charge in [0.1, 0.15) is 0 Å². The van der Waals surface area contributed by atoms with Gasteiger partial charge in [-0.2, -0.15) is 0 Å². The Labute approximate surface area is 155 Å². The van der Waals surface area contributed by atoms with Gasteiger partial charge in [0.05, 0.1) is 17.2 Å². The molecule has 1 atom stereocenters. The van der Waals surface area contributed by atoms with Crippen LogP contribution in [0.4, 0.5) is 5.69 Å². The zero-order valence-electron chi connectivity index (χ0n) is 15.1. The Hall–Kier alpha value is -2.18. The first-order valence-electron chi connectivity index (χ1n) is 8.76. The van der Waals surface area contributed by atoms with E-state index in [9.17, 15) is 13.2 Å². The van der Waals surface area contributed by atoms with E-state index in [1.807, 2.05) is 43.0 Å². The molecule has 138 valence electrons. The van der Waals surface area contributed by atoms with Crippen LogP contribution in [0.3, 0.4) is 0 Å². The predicted molar refractivity (Wildman–Crippen MR) is 103 cm³/mol. The van der Waals surface area contributed by atoms with E-state index in [2.05, 4.69) is 0 Å². The Balaban J connectivity index is 1.65. The van der Waals surface area contributed by atoms with Crippen molar-refractivity contribution in [1.82, 2.24) is 4.90 Å². The summed E-state index contributed by atoms with van der Waals surface area (Å²) in [5.74, 6) is 0.0168. The van der Waals surface area contributed by atoms with Gasteiger partial charge in [0.2, 0.25) is 5.91 Å². The smallest absolute Gasteiger partial charge is 0.241 e. The number of hydrogen-bond donors (Lipinski definition) is 0. The first kappa shape index (κ1) is 18.6. The second kappa shape index (κ2) is 7.60. The zero-order valence-corrected chi connectivity index (χ0v) is 15.9. The molecule has 0 N–H and O–H groups in total. The summed E-state index contributed by atoms with van der Waals surface area (Å²) in [6.07, 6.45) is 0. The van der Waals surface area contributed by atoms with E-state index in [1.165, 1.54) is 0 Å². The lowest BCUT2D eigenvalue weighted by molar-refractivity contribution is -0.122. The van der Waals surface area contributed by atoms with Crippen LogP contribution in [0.15, 0.2) is 59.5 Å². The summed E-state index contributed by atoms with van der Waals surface area (Å²) in [7, 11) is -3.34. The standard InChI is InChI=1S/C20H24N2O3S/c1-16-8-10-18(11-9-16)22-14-17(2)21(15-20(22)23)12-13-26(24,25)19-6-4-3-5-7-19/h3-11,17H,12-15H2,1-2H3/t17-/m1/s1. The molecule has 1 aliphatic rings. The number of hydrogen-bond acceptors (Lipinski definition) is 4. The van der Waals surface area contributed by atoms with Crippen LogP contribution in [0.25, 0.3) is 0 Å². The monoisotopic (exact) mass is 372 g/mol. The fourth-order valence-electron chi connectivity index (χ4n) is 3.15. The van der Waals surface area contributed by atoms with Crippen molar-refractivity contribution in [3.8, 4) is 0 Å². The maximum Gasteiger partial charge on any atom is 0.241 e. The highest BCUT2D eigenvalue weighted by molar-refractivity contribution is 7.91. The summed E-state index contributed by atoms with van der Waals surface area (Å²) < 4.78 is 24.9. The van der Waals surface area contributed by atoms with Gasteiger partial charge in [-0.25, -0.2) is 8.42 Å². The number of anilines is 1. The Bertz CT molecular complexity index is 864. The lowest BCUT2D eigenvalue weighted by atomic mass is 10.1. The summed E-state index contributed by atoms with van der Waals surface area (Å²) in [6, 6.07) is 16.4. The maximum atomic E-state index is 12.6. The van der Waals surface area contributed by atoms with E-state index < -0.39 is 9.84 Å². The number of carbonyl (C=O) groups excluding carboxylic acids is 1. The number of aryl methyl sites for hydroxylation is 1. The number of benzene rings is 2. The van der Waals surface area contributed by atoms with E-state index in [0.29, 0.717) is 18.0 Å². The summed E-state index contributed by atoms with van der Waals surface area (Å²) in [5.41, 5.74) is 2.04. The second-order valence-electron chi connectivity index (χ2n) is 6.79. The van der Waals surface area contributed by atoms with Crippen LogP contribution in [0, 0.1) is 6.92 Å². The molecule has 6 heteroatoms. The highest BCUT2D eigenvalue weighted by atomic mass is 32.2. The molecule has 1 amide bonds. The second-order valence-corrected chi connectivity index (χ2v) is 8.90. The van der Waals surface area contributed by atoms with E-state index in [4.69, 9.17) is 0 Å². The summed E-state index contributed by atoms with van der Waals surface area (Å²) in [4.78, 5) is 16.6. The fraction of sp³-hybridized carbons (Fsp3) is 0.350. The minimum Gasteiger partial charge on any atom is -0.310 e. The minimum absolute atomic E-state index is 0.00376. The topological polar surface area (TPSA) is 57.7 Å². The molecule has 5 nitrogen and oxygen atoms in total. The van der Waals surface area contributed by atoms with Crippen LogP contribution in [-0.4, -0.2) is 50.7 Å². The summed E-state index contributed by atoms with van der Waals surface area (Å²) in [5, 5.41) is 0. The van der Waals surface area contributed by atoms with Crippen molar-refractivity contribution in [3.63, 3.8) is 0 Å². The Kier molecular flexibility index (Phi) is 5.44. The molecule has 0 aromatic heterocycles. The van der Waals surface area contributed by atoms with Gasteiger partial charge in [-0.15, -0.1) is 0 Å². The van der Waals surface area contributed by atoms with E-state index in [0.717, 1.165) is 11.3 Å². The molecule has 2 aromatic rings. The van der Waals surface area contributed by atoms with Crippen LogP contribution >= 0.6 is 0 Å². The number of rotatable bonds is 5. The molecule has 0 unspecified atom stereocenters. The first-order valence-corrected chi connectivity index (χ1v) is 10.4. The normalized spacial score (nSPS) is 18.9. The van der Waals surface area contributed by atoms with Gasteiger partial charge in [-0.3, -0.25) is 9.69 Å². The predicted octanol–water partition coefficient (Wildman–Crippen LogP) is 2.51. The summed E-state index contributed by atoms with van der Waals surface area (Å²) >= 11 is 0. The van der Waals surface area contributed by atoms with Gasteiger partial charge < -0.3 is 4.90 Å². The molecule has 0 radical (unpaired) electrons. The van der Waals surface area contributed by atoms with Crippen LogP contribution in [0.5, 0.6) is 0 Å². The molecule has 3 rings (SSSR count). The van der Waals surface area contributed by atoms with Gasteiger partial charge in [0, 0.05) is 24.8 Å². The van der Waals surface area contributed by atoms with Gasteiger partial charge in [-0.1, -0.05) is 35.9 Å². The van der Waals surface area contributed by atoms with Crippen molar-refractivity contribution >= 4 is 21.4 Å². The quantitative estimate of drug-likeness (QED) is 0.809. The van der Waals surface area contributed by atoms with E-state index in [-0.39, 0.29) is 24.2 Å². The maximum absolute atomic E-state index is 12.6. The molecular weight excluding hydrogens is 348 g/mol. The van der Waals surface area contributed by atoms with Gasteiger partial charge in [0.15, 0.2) is 9.84 Å². The Morgan fingerprint density at radius 3 is 2.35 bits per heavy atom. The van der Waals surface area contributed by atoms with Gasteiger partial charge in [0.25, 0.3) is 0 Å². The highest BCUT2D eigenvalue weighted by Gasteiger charge is 2.31. The number of carbonyl (C=O) groups is 1. The zero-order chi connectivity index (χ0) is 18.7. The third-order valence-electron chi connectivity index (χ3n) is 4.80. The number of sulfone groups is 1. The van der Waals surface area contributed by atoms with Crippen LogP contribution in [0.2, 0.25) is 0 Å². The van der Waals surface area contributed by atoms with Crippen molar-refractivity contribution in [1.29, 1.82) is 0 Å². The van der Waals surface area contributed by atoms with E-state index >= 15 is 0 Å². The number of nitrogens with zero attached hydrogens (tertiary/aromatic N) is 2. The van der Waals surface area contributed by atoms with Crippen molar-refractivity contribution < 1.29 is 13.2 Å². The molecule has 1 aliphatic heterocycles. The SMILES string of the molecule is Cc1ccc(N2C[C@@H](C)N(CCS(=O)(=O)c3ccccc3)CC2=O)cc1. The van der Waals surface area contributed by atoms with Crippen LogP contribution in [-0.2, 0) is 14.6 Å². The van der Waals surface area contributed by atoms with Gasteiger partial charge in [-0.05, 0) is 38.1 Å². The molecule has 1 saturated heterocycles. The Morgan fingerprint density at radius 2 is 1.69 bits per heavy atom. The van der Waals surface area contributed by atoms with Crippen molar-refractivity contribution in [2.24, 2.45) is 0 Å². The lowest BCUT2D eigenvalue weighted by Crippen LogP contribution is -2.56. The summed E-state index contributed by atoms with van der Waals surface area (Å²) in [6.45, 7) is 5.20. The highest BCUT2D eigenvalue weighted by Crippen LogP contribution is 2.21. The molecule has 26 heavy (non-hydrogen) atoms. The minimum atomic E-state index is -3.34. The average molecular weight is 372 g/mol. The van der Waals surface area contributed by atoms with Crippen molar-refractivity contribution in [2.75, 3.05) is 30.3 Å². The fourth-order valence-corrected chi connectivity index (χ4v) is 4.44. The molecule has 0 spiro atoms. The third kappa shape index (κ3) is 4.14. The van der Waals surface area contributed by atoms with Crippen LogP contribution < -0.4 is 4.90 Å². The van der Waals surface area contributed by atoms with E-state index in [1.54, 1.807) is 35.2 Å². The number of piperazine rings is 1. The van der Waals surface area contributed by atoms with Gasteiger partial charge >= 0.3 is 0 Å². The average Bonchev–Trinajstić information content (AvgIpc) is 2.64. The first-order chi connectivity index (χ1) is 12.4. The molecule has 0 bridgehead atoms. The van der Waals surface area contributed by atoms with Crippen LogP contribution in [0.1, 0.15) is 12.5 Å². The molecule has 0 saturated carbocycles. The number of amides is 1. The molecular formula is C20H24N2O3S. The largest absolute Gasteiger partial charge is 0.310 e. The van der Waals surface area contributed by atoms with Crippen molar-refractivity contribution in [2.45, 2.75) is 24.8 Å². The Morgan fingerprint density at radius 1 is 1.04 bits per heavy atom. The molecule has 1 fully saturated rings.